The highest BCUT2D eigenvalue weighted by atomic mass is 16.5. The standard InChI is InChI=1S/C14H24N2O/c1-5-16(6-2)11-12-7-8-13(10-15-3)14(9-12)17-4/h7-9,15H,5-6,10-11H2,1-4H3. The molecule has 0 aliphatic rings. The van der Waals surface area contributed by atoms with Crippen LogP contribution in [0.5, 0.6) is 5.75 Å². The van der Waals surface area contributed by atoms with Crippen LogP contribution in [-0.4, -0.2) is 32.1 Å². The Balaban J connectivity index is 2.81. The summed E-state index contributed by atoms with van der Waals surface area (Å²) in [6, 6.07) is 6.48. The number of methoxy groups -OCH3 is 1. The molecule has 1 N–H and O–H groups in total. The van der Waals surface area contributed by atoms with E-state index in [0.717, 1.165) is 31.9 Å². The van der Waals surface area contributed by atoms with Gasteiger partial charge in [0.15, 0.2) is 0 Å². The lowest BCUT2D eigenvalue weighted by Crippen LogP contribution is -2.22. The Morgan fingerprint density at radius 3 is 2.47 bits per heavy atom. The van der Waals surface area contributed by atoms with E-state index in [4.69, 9.17) is 4.74 Å². The van der Waals surface area contributed by atoms with Gasteiger partial charge in [-0.3, -0.25) is 4.90 Å². The number of rotatable bonds is 7. The highest BCUT2D eigenvalue weighted by Crippen LogP contribution is 2.21. The Bertz CT molecular complexity index is 335. The fourth-order valence-corrected chi connectivity index (χ4v) is 1.93. The van der Waals surface area contributed by atoms with Crippen LogP contribution in [0.2, 0.25) is 0 Å². The third-order valence-electron chi connectivity index (χ3n) is 3.02. The first-order valence-electron chi connectivity index (χ1n) is 6.27. The molecule has 0 fully saturated rings. The zero-order valence-corrected chi connectivity index (χ0v) is 11.4. The number of hydrogen-bond donors (Lipinski definition) is 1. The van der Waals surface area contributed by atoms with Crippen molar-refractivity contribution in [1.29, 1.82) is 0 Å². The zero-order chi connectivity index (χ0) is 12.7. The minimum atomic E-state index is 0.842. The molecule has 0 saturated carbocycles. The predicted octanol–water partition coefficient (Wildman–Crippen LogP) is 2.26. The maximum atomic E-state index is 5.43. The summed E-state index contributed by atoms with van der Waals surface area (Å²) in [7, 11) is 3.68. The SMILES string of the molecule is CCN(CC)Cc1ccc(CNC)c(OC)c1. The molecule has 0 unspecified atom stereocenters. The molecule has 0 atom stereocenters. The normalized spacial score (nSPS) is 10.9. The number of nitrogens with zero attached hydrogens (tertiary/aromatic N) is 1. The highest BCUT2D eigenvalue weighted by Gasteiger charge is 2.06. The van der Waals surface area contributed by atoms with Crippen molar-refractivity contribution in [2.45, 2.75) is 26.9 Å². The zero-order valence-electron chi connectivity index (χ0n) is 11.4. The summed E-state index contributed by atoms with van der Waals surface area (Å²) in [6.07, 6.45) is 0. The maximum Gasteiger partial charge on any atom is 0.123 e. The van der Waals surface area contributed by atoms with Crippen molar-refractivity contribution >= 4 is 0 Å². The van der Waals surface area contributed by atoms with E-state index < -0.39 is 0 Å². The van der Waals surface area contributed by atoms with Crippen molar-refractivity contribution in [2.24, 2.45) is 0 Å². The summed E-state index contributed by atoms with van der Waals surface area (Å²) in [6.45, 7) is 8.37. The summed E-state index contributed by atoms with van der Waals surface area (Å²) < 4.78 is 5.43. The minimum absolute atomic E-state index is 0.842. The van der Waals surface area contributed by atoms with Crippen molar-refractivity contribution in [1.82, 2.24) is 10.2 Å². The molecule has 3 heteroatoms. The molecular formula is C14H24N2O. The van der Waals surface area contributed by atoms with Gasteiger partial charge in [-0.1, -0.05) is 26.0 Å². The number of nitrogens with one attached hydrogen (secondary N) is 1. The molecule has 0 aliphatic carbocycles. The number of hydrogen-bond acceptors (Lipinski definition) is 3. The molecule has 17 heavy (non-hydrogen) atoms. The second-order valence-electron chi connectivity index (χ2n) is 4.14. The Hall–Kier alpha value is -1.06. The van der Waals surface area contributed by atoms with Crippen molar-refractivity contribution in [2.75, 3.05) is 27.2 Å². The van der Waals surface area contributed by atoms with Gasteiger partial charge < -0.3 is 10.1 Å². The van der Waals surface area contributed by atoms with Crippen LogP contribution in [0, 0.1) is 0 Å². The molecule has 1 aromatic carbocycles. The molecule has 0 aliphatic heterocycles. The van der Waals surface area contributed by atoms with Crippen molar-refractivity contribution in [3.05, 3.63) is 29.3 Å². The van der Waals surface area contributed by atoms with Crippen molar-refractivity contribution in [3.8, 4) is 5.75 Å². The first-order valence-corrected chi connectivity index (χ1v) is 6.27. The Morgan fingerprint density at radius 1 is 1.24 bits per heavy atom. The molecule has 0 heterocycles. The van der Waals surface area contributed by atoms with Crippen LogP contribution < -0.4 is 10.1 Å². The molecule has 0 amide bonds. The van der Waals surface area contributed by atoms with Gasteiger partial charge in [0.05, 0.1) is 7.11 Å². The molecule has 1 aromatic rings. The monoisotopic (exact) mass is 236 g/mol. The van der Waals surface area contributed by atoms with Gasteiger partial charge in [-0.15, -0.1) is 0 Å². The van der Waals surface area contributed by atoms with Crippen LogP contribution in [0.1, 0.15) is 25.0 Å². The molecule has 0 aromatic heterocycles. The van der Waals surface area contributed by atoms with E-state index >= 15 is 0 Å². The van der Waals surface area contributed by atoms with Crippen LogP contribution in [0.15, 0.2) is 18.2 Å². The van der Waals surface area contributed by atoms with E-state index in [1.54, 1.807) is 7.11 Å². The van der Waals surface area contributed by atoms with Crippen LogP contribution in [-0.2, 0) is 13.1 Å². The van der Waals surface area contributed by atoms with E-state index in [2.05, 4.69) is 42.3 Å². The highest BCUT2D eigenvalue weighted by molar-refractivity contribution is 5.37. The lowest BCUT2D eigenvalue weighted by atomic mass is 10.1. The summed E-state index contributed by atoms with van der Waals surface area (Å²) in [4.78, 5) is 2.40. The predicted molar refractivity (Wildman–Crippen MR) is 72.4 cm³/mol. The molecule has 0 spiro atoms. The second kappa shape index (κ2) is 7.30. The Morgan fingerprint density at radius 2 is 1.94 bits per heavy atom. The molecule has 1 rings (SSSR count). The molecule has 0 saturated heterocycles. The molecule has 0 bridgehead atoms. The third kappa shape index (κ3) is 4.02. The number of benzene rings is 1. The van der Waals surface area contributed by atoms with Gasteiger partial charge >= 0.3 is 0 Å². The van der Waals surface area contributed by atoms with Crippen LogP contribution >= 0.6 is 0 Å². The Labute approximate surface area is 105 Å². The summed E-state index contributed by atoms with van der Waals surface area (Å²) in [5, 5.41) is 3.15. The van der Waals surface area contributed by atoms with Gasteiger partial charge in [0.1, 0.15) is 5.75 Å². The lowest BCUT2D eigenvalue weighted by molar-refractivity contribution is 0.295. The van der Waals surface area contributed by atoms with Crippen LogP contribution in [0.3, 0.4) is 0 Å². The summed E-state index contributed by atoms with van der Waals surface area (Å²) in [5.41, 5.74) is 2.52. The van der Waals surface area contributed by atoms with E-state index in [1.807, 2.05) is 7.05 Å². The quantitative estimate of drug-likeness (QED) is 0.786. The second-order valence-corrected chi connectivity index (χ2v) is 4.14. The smallest absolute Gasteiger partial charge is 0.123 e. The summed E-state index contributed by atoms with van der Waals surface area (Å²) >= 11 is 0. The van der Waals surface area contributed by atoms with E-state index in [0.29, 0.717) is 0 Å². The Kier molecular flexibility index (Phi) is 6.01. The van der Waals surface area contributed by atoms with Gasteiger partial charge in [0.25, 0.3) is 0 Å². The number of ether oxygens (including phenoxy) is 1. The van der Waals surface area contributed by atoms with Gasteiger partial charge in [-0.05, 0) is 31.8 Å². The van der Waals surface area contributed by atoms with Crippen molar-refractivity contribution in [3.63, 3.8) is 0 Å². The van der Waals surface area contributed by atoms with E-state index in [1.165, 1.54) is 11.1 Å². The molecule has 3 nitrogen and oxygen atoms in total. The first kappa shape index (κ1) is 14.0. The fraction of sp³-hybridized carbons (Fsp3) is 0.571. The largest absolute Gasteiger partial charge is 0.496 e. The van der Waals surface area contributed by atoms with Gasteiger partial charge in [0.2, 0.25) is 0 Å². The average molecular weight is 236 g/mol. The summed E-state index contributed by atoms with van der Waals surface area (Å²) in [5.74, 6) is 0.976. The minimum Gasteiger partial charge on any atom is -0.496 e. The van der Waals surface area contributed by atoms with Crippen LogP contribution in [0.25, 0.3) is 0 Å². The van der Waals surface area contributed by atoms with Crippen LogP contribution in [0.4, 0.5) is 0 Å². The first-order chi connectivity index (χ1) is 8.24. The topological polar surface area (TPSA) is 24.5 Å². The van der Waals surface area contributed by atoms with Crippen molar-refractivity contribution < 1.29 is 4.74 Å². The maximum absolute atomic E-state index is 5.43. The van der Waals surface area contributed by atoms with Gasteiger partial charge in [-0.2, -0.15) is 0 Å². The lowest BCUT2D eigenvalue weighted by Gasteiger charge is -2.19. The fourth-order valence-electron chi connectivity index (χ4n) is 1.93. The molecule has 96 valence electrons. The van der Waals surface area contributed by atoms with Gasteiger partial charge in [-0.25, -0.2) is 0 Å². The van der Waals surface area contributed by atoms with E-state index in [9.17, 15) is 0 Å². The average Bonchev–Trinajstić information content (AvgIpc) is 2.37. The molecule has 0 radical (unpaired) electrons. The van der Waals surface area contributed by atoms with Gasteiger partial charge in [0, 0.05) is 18.7 Å². The van der Waals surface area contributed by atoms with E-state index in [-0.39, 0.29) is 0 Å². The third-order valence-corrected chi connectivity index (χ3v) is 3.02. The molecular weight excluding hydrogens is 212 g/mol.